The molecule has 6 heteroatoms. The summed E-state index contributed by atoms with van der Waals surface area (Å²) in [4.78, 5) is 7.98. The molecular weight excluding hydrogens is 255 g/mol. The number of anilines is 1. The van der Waals surface area contributed by atoms with Gasteiger partial charge in [0.15, 0.2) is 0 Å². The first kappa shape index (κ1) is 13.7. The Kier molecular flexibility index (Phi) is 3.96. The fourth-order valence-electron chi connectivity index (χ4n) is 2.00. The zero-order chi connectivity index (χ0) is 13.9. The van der Waals surface area contributed by atoms with E-state index >= 15 is 0 Å². The quantitative estimate of drug-likeness (QED) is 0.764. The highest BCUT2D eigenvalue weighted by atomic mass is 19.4. The van der Waals surface area contributed by atoms with Crippen molar-refractivity contribution in [1.29, 1.82) is 0 Å². The van der Waals surface area contributed by atoms with Crippen LogP contribution in [-0.2, 0) is 6.18 Å². The Hall–Kier alpha value is -1.74. The predicted molar refractivity (Wildman–Crippen MR) is 66.7 cm³/mol. The van der Waals surface area contributed by atoms with Crippen molar-refractivity contribution in [2.75, 3.05) is 37.6 Å². The molecule has 0 amide bonds. The lowest BCUT2D eigenvalue weighted by Gasteiger charge is -2.34. The second kappa shape index (κ2) is 5.49. The SMILES string of the molecule is C#CCN1CCN(c2ccc(C(F)(F)F)cn2)CC1. The van der Waals surface area contributed by atoms with Crippen molar-refractivity contribution in [3.8, 4) is 12.3 Å². The average molecular weight is 269 g/mol. The van der Waals surface area contributed by atoms with Crippen molar-refractivity contribution in [2.45, 2.75) is 6.18 Å². The van der Waals surface area contributed by atoms with Crippen molar-refractivity contribution >= 4 is 5.82 Å². The van der Waals surface area contributed by atoms with Crippen LogP contribution in [-0.4, -0.2) is 42.6 Å². The number of hydrogen-bond acceptors (Lipinski definition) is 3. The zero-order valence-electron chi connectivity index (χ0n) is 10.3. The fraction of sp³-hybridized carbons (Fsp3) is 0.462. The Morgan fingerprint density at radius 1 is 1.21 bits per heavy atom. The maximum absolute atomic E-state index is 12.4. The largest absolute Gasteiger partial charge is 0.417 e. The molecule has 1 fully saturated rings. The highest BCUT2D eigenvalue weighted by Gasteiger charge is 2.31. The number of alkyl halides is 3. The number of terminal acetylenes is 1. The summed E-state index contributed by atoms with van der Waals surface area (Å²) in [7, 11) is 0. The van der Waals surface area contributed by atoms with Gasteiger partial charge < -0.3 is 4.90 Å². The number of pyridine rings is 1. The van der Waals surface area contributed by atoms with Crippen LogP contribution in [0.1, 0.15) is 5.56 Å². The van der Waals surface area contributed by atoms with Crippen LogP contribution >= 0.6 is 0 Å². The van der Waals surface area contributed by atoms with Gasteiger partial charge in [0.05, 0.1) is 12.1 Å². The molecular formula is C13H14F3N3. The third-order valence-electron chi connectivity index (χ3n) is 3.09. The molecule has 19 heavy (non-hydrogen) atoms. The van der Waals surface area contributed by atoms with E-state index < -0.39 is 11.7 Å². The minimum absolute atomic E-state index is 0.577. The maximum atomic E-state index is 12.4. The molecule has 0 radical (unpaired) electrons. The van der Waals surface area contributed by atoms with Gasteiger partial charge in [-0.25, -0.2) is 4.98 Å². The summed E-state index contributed by atoms with van der Waals surface area (Å²) >= 11 is 0. The maximum Gasteiger partial charge on any atom is 0.417 e. The number of hydrogen-bond donors (Lipinski definition) is 0. The summed E-state index contributed by atoms with van der Waals surface area (Å²) in [5.74, 6) is 3.16. The number of nitrogens with zero attached hydrogens (tertiary/aromatic N) is 3. The lowest BCUT2D eigenvalue weighted by atomic mass is 10.2. The number of rotatable bonds is 2. The molecule has 0 spiro atoms. The Bertz CT molecular complexity index is 454. The second-order valence-corrected chi connectivity index (χ2v) is 4.37. The van der Waals surface area contributed by atoms with Crippen LogP contribution in [0.5, 0.6) is 0 Å². The van der Waals surface area contributed by atoms with Gasteiger partial charge in [0.1, 0.15) is 5.82 Å². The van der Waals surface area contributed by atoms with Gasteiger partial charge in [-0.2, -0.15) is 13.2 Å². The Morgan fingerprint density at radius 3 is 2.37 bits per heavy atom. The first-order valence-corrected chi connectivity index (χ1v) is 5.95. The van der Waals surface area contributed by atoms with Crippen LogP contribution in [0.25, 0.3) is 0 Å². The first-order valence-electron chi connectivity index (χ1n) is 5.95. The predicted octanol–water partition coefficient (Wildman–Crippen LogP) is 1.86. The molecule has 1 aliphatic heterocycles. The van der Waals surface area contributed by atoms with Gasteiger partial charge in [0, 0.05) is 32.4 Å². The molecule has 0 aliphatic carbocycles. The third-order valence-corrected chi connectivity index (χ3v) is 3.09. The molecule has 0 atom stereocenters. The van der Waals surface area contributed by atoms with Crippen molar-refractivity contribution in [2.24, 2.45) is 0 Å². The molecule has 0 N–H and O–H groups in total. The van der Waals surface area contributed by atoms with E-state index in [1.54, 1.807) is 0 Å². The van der Waals surface area contributed by atoms with Crippen LogP contribution in [0.2, 0.25) is 0 Å². The minimum Gasteiger partial charge on any atom is -0.354 e. The molecule has 1 saturated heterocycles. The molecule has 1 aliphatic rings. The molecule has 1 aromatic heterocycles. The fourth-order valence-corrected chi connectivity index (χ4v) is 2.00. The molecule has 1 aromatic rings. The second-order valence-electron chi connectivity index (χ2n) is 4.37. The summed E-state index contributed by atoms with van der Waals surface area (Å²) < 4.78 is 37.3. The van der Waals surface area contributed by atoms with E-state index in [1.807, 2.05) is 4.90 Å². The topological polar surface area (TPSA) is 19.4 Å². The standard InChI is InChI=1S/C13H14F3N3/c1-2-5-18-6-8-19(9-7-18)12-4-3-11(10-17-12)13(14,15)16/h1,3-4,10H,5-9H2. The third kappa shape index (κ3) is 3.38. The van der Waals surface area contributed by atoms with Crippen LogP contribution in [0, 0.1) is 12.3 Å². The van der Waals surface area contributed by atoms with Crippen molar-refractivity contribution < 1.29 is 13.2 Å². The highest BCUT2D eigenvalue weighted by molar-refractivity contribution is 5.40. The van der Waals surface area contributed by atoms with E-state index in [4.69, 9.17) is 6.42 Å². The van der Waals surface area contributed by atoms with E-state index in [1.165, 1.54) is 6.07 Å². The number of halogens is 3. The molecule has 0 unspecified atom stereocenters. The van der Waals surface area contributed by atoms with Gasteiger partial charge in [-0.15, -0.1) is 6.42 Å². The summed E-state index contributed by atoms with van der Waals surface area (Å²) in [5.41, 5.74) is -0.720. The molecule has 3 nitrogen and oxygen atoms in total. The van der Waals surface area contributed by atoms with Gasteiger partial charge in [-0.1, -0.05) is 5.92 Å². The van der Waals surface area contributed by atoms with E-state index in [2.05, 4.69) is 15.8 Å². The van der Waals surface area contributed by atoms with Gasteiger partial charge in [0.2, 0.25) is 0 Å². The Balaban J connectivity index is 1.99. The van der Waals surface area contributed by atoms with Gasteiger partial charge >= 0.3 is 6.18 Å². The van der Waals surface area contributed by atoms with Crippen molar-refractivity contribution in [3.05, 3.63) is 23.9 Å². The Morgan fingerprint density at radius 2 is 1.89 bits per heavy atom. The number of aromatic nitrogens is 1. The van der Waals surface area contributed by atoms with E-state index in [0.717, 1.165) is 38.4 Å². The molecule has 102 valence electrons. The van der Waals surface area contributed by atoms with Crippen LogP contribution < -0.4 is 4.90 Å². The van der Waals surface area contributed by atoms with Gasteiger partial charge in [0.25, 0.3) is 0 Å². The lowest BCUT2D eigenvalue weighted by molar-refractivity contribution is -0.137. The van der Waals surface area contributed by atoms with E-state index in [0.29, 0.717) is 12.4 Å². The zero-order valence-corrected chi connectivity index (χ0v) is 10.3. The molecule has 0 bridgehead atoms. The van der Waals surface area contributed by atoms with Crippen LogP contribution in [0.15, 0.2) is 18.3 Å². The molecule has 0 aromatic carbocycles. The monoisotopic (exact) mass is 269 g/mol. The summed E-state index contributed by atoms with van der Waals surface area (Å²) in [5, 5.41) is 0. The normalized spacial score (nSPS) is 17.3. The molecule has 0 saturated carbocycles. The first-order chi connectivity index (χ1) is 9.00. The van der Waals surface area contributed by atoms with Gasteiger partial charge in [-0.3, -0.25) is 4.90 Å². The minimum atomic E-state index is -4.34. The number of piperazine rings is 1. The smallest absolute Gasteiger partial charge is 0.354 e. The summed E-state index contributed by atoms with van der Waals surface area (Å²) in [6.45, 7) is 3.65. The van der Waals surface area contributed by atoms with Crippen molar-refractivity contribution in [3.63, 3.8) is 0 Å². The molecule has 2 rings (SSSR count). The van der Waals surface area contributed by atoms with Gasteiger partial charge in [-0.05, 0) is 12.1 Å². The lowest BCUT2D eigenvalue weighted by Crippen LogP contribution is -2.46. The highest BCUT2D eigenvalue weighted by Crippen LogP contribution is 2.29. The van der Waals surface area contributed by atoms with Crippen molar-refractivity contribution in [1.82, 2.24) is 9.88 Å². The Labute approximate surface area is 110 Å². The van der Waals surface area contributed by atoms with E-state index in [-0.39, 0.29) is 0 Å². The molecule has 2 heterocycles. The van der Waals surface area contributed by atoms with Crippen LogP contribution in [0.4, 0.5) is 19.0 Å². The summed E-state index contributed by atoms with van der Waals surface area (Å²) in [6, 6.07) is 2.48. The van der Waals surface area contributed by atoms with E-state index in [9.17, 15) is 13.2 Å². The summed E-state index contributed by atoms with van der Waals surface area (Å²) in [6.07, 6.45) is 1.78. The van der Waals surface area contributed by atoms with Crippen LogP contribution in [0.3, 0.4) is 0 Å². The average Bonchev–Trinajstić information content (AvgIpc) is 2.39.